The van der Waals surface area contributed by atoms with Crippen molar-refractivity contribution in [3.8, 4) is 0 Å². The highest BCUT2D eigenvalue weighted by Crippen LogP contribution is 2.30. The van der Waals surface area contributed by atoms with Crippen molar-refractivity contribution in [2.75, 3.05) is 17.2 Å². The molecule has 1 aromatic rings. The van der Waals surface area contributed by atoms with Crippen LogP contribution in [-0.4, -0.2) is 22.6 Å². The number of rotatable bonds is 8. The van der Waals surface area contributed by atoms with E-state index in [0.717, 1.165) is 43.4 Å². The first kappa shape index (κ1) is 16.1. The lowest BCUT2D eigenvalue weighted by molar-refractivity contribution is 0.480. The lowest BCUT2D eigenvalue weighted by atomic mass is 9.99. The Bertz CT molecular complexity index is 427. The zero-order chi connectivity index (χ0) is 15.1. The molecule has 118 valence electrons. The van der Waals surface area contributed by atoms with Crippen molar-refractivity contribution >= 4 is 11.6 Å². The molecule has 1 heterocycles. The fraction of sp³-hybridized carbons (Fsp3) is 0.765. The Kier molecular flexibility index (Phi) is 6.27. The van der Waals surface area contributed by atoms with Crippen molar-refractivity contribution in [3.05, 3.63) is 11.9 Å². The summed E-state index contributed by atoms with van der Waals surface area (Å²) in [5.41, 5.74) is 1.25. The third-order valence-electron chi connectivity index (χ3n) is 4.46. The lowest BCUT2D eigenvalue weighted by Gasteiger charge is -2.23. The summed E-state index contributed by atoms with van der Waals surface area (Å²) in [7, 11) is 0. The minimum Gasteiger partial charge on any atom is -0.370 e. The highest BCUT2D eigenvalue weighted by molar-refractivity contribution is 5.57. The zero-order valence-electron chi connectivity index (χ0n) is 13.8. The topological polar surface area (TPSA) is 49.8 Å². The molecule has 1 aromatic heterocycles. The van der Waals surface area contributed by atoms with Gasteiger partial charge in [-0.3, -0.25) is 0 Å². The van der Waals surface area contributed by atoms with E-state index >= 15 is 0 Å². The molecule has 21 heavy (non-hydrogen) atoms. The van der Waals surface area contributed by atoms with E-state index in [9.17, 15) is 0 Å². The van der Waals surface area contributed by atoms with Crippen molar-refractivity contribution in [1.29, 1.82) is 0 Å². The molecule has 1 fully saturated rings. The van der Waals surface area contributed by atoms with E-state index in [1.54, 1.807) is 6.33 Å². The molecule has 0 spiro atoms. The molecule has 2 N–H and O–H groups in total. The molecule has 0 saturated heterocycles. The van der Waals surface area contributed by atoms with E-state index in [-0.39, 0.29) is 0 Å². The maximum atomic E-state index is 4.52. The SMILES string of the molecule is CCCNc1ncnc(NC(C)C2CCCC2)c1CCC. The van der Waals surface area contributed by atoms with Crippen molar-refractivity contribution in [2.45, 2.75) is 71.8 Å². The summed E-state index contributed by atoms with van der Waals surface area (Å²) in [5, 5.41) is 7.10. The Morgan fingerprint density at radius 2 is 1.86 bits per heavy atom. The molecule has 2 rings (SSSR count). The third-order valence-corrected chi connectivity index (χ3v) is 4.46. The Morgan fingerprint density at radius 1 is 1.14 bits per heavy atom. The van der Waals surface area contributed by atoms with Gasteiger partial charge < -0.3 is 10.6 Å². The van der Waals surface area contributed by atoms with Gasteiger partial charge in [0.25, 0.3) is 0 Å². The molecule has 0 aliphatic heterocycles. The van der Waals surface area contributed by atoms with Gasteiger partial charge in [-0.25, -0.2) is 9.97 Å². The van der Waals surface area contributed by atoms with Crippen LogP contribution in [0.5, 0.6) is 0 Å². The summed E-state index contributed by atoms with van der Waals surface area (Å²) in [5.74, 6) is 2.83. The number of hydrogen-bond acceptors (Lipinski definition) is 4. The van der Waals surface area contributed by atoms with Crippen LogP contribution >= 0.6 is 0 Å². The van der Waals surface area contributed by atoms with Gasteiger partial charge in [-0.05, 0) is 38.5 Å². The van der Waals surface area contributed by atoms with Gasteiger partial charge >= 0.3 is 0 Å². The maximum absolute atomic E-state index is 4.52. The zero-order valence-corrected chi connectivity index (χ0v) is 13.8. The van der Waals surface area contributed by atoms with Crippen molar-refractivity contribution < 1.29 is 0 Å². The summed E-state index contributed by atoms with van der Waals surface area (Å²) in [6, 6.07) is 0.497. The van der Waals surface area contributed by atoms with Crippen LogP contribution < -0.4 is 10.6 Å². The second-order valence-electron chi connectivity index (χ2n) is 6.20. The van der Waals surface area contributed by atoms with E-state index in [4.69, 9.17) is 0 Å². The maximum Gasteiger partial charge on any atom is 0.134 e. The summed E-state index contributed by atoms with van der Waals surface area (Å²) >= 11 is 0. The van der Waals surface area contributed by atoms with Crippen LogP contribution in [0.1, 0.15) is 64.9 Å². The molecule has 1 aliphatic carbocycles. The molecule has 4 nitrogen and oxygen atoms in total. The normalized spacial score (nSPS) is 16.9. The first-order valence-corrected chi connectivity index (χ1v) is 8.60. The molecule has 4 heteroatoms. The van der Waals surface area contributed by atoms with Gasteiger partial charge in [0, 0.05) is 18.2 Å². The highest BCUT2D eigenvalue weighted by Gasteiger charge is 2.22. The lowest BCUT2D eigenvalue weighted by Crippen LogP contribution is -2.25. The van der Waals surface area contributed by atoms with Crippen molar-refractivity contribution in [3.63, 3.8) is 0 Å². The fourth-order valence-corrected chi connectivity index (χ4v) is 3.21. The van der Waals surface area contributed by atoms with Gasteiger partial charge in [0.05, 0.1) is 0 Å². The van der Waals surface area contributed by atoms with Gasteiger partial charge in [-0.2, -0.15) is 0 Å². The van der Waals surface area contributed by atoms with E-state index < -0.39 is 0 Å². The number of hydrogen-bond donors (Lipinski definition) is 2. The van der Waals surface area contributed by atoms with E-state index in [1.807, 2.05) is 0 Å². The first-order valence-electron chi connectivity index (χ1n) is 8.60. The Labute approximate surface area is 129 Å². The Morgan fingerprint density at radius 3 is 2.52 bits per heavy atom. The van der Waals surface area contributed by atoms with Crippen LogP contribution in [-0.2, 0) is 6.42 Å². The smallest absolute Gasteiger partial charge is 0.134 e. The molecule has 0 aromatic carbocycles. The van der Waals surface area contributed by atoms with Crippen LogP contribution in [0.4, 0.5) is 11.6 Å². The van der Waals surface area contributed by atoms with Crippen LogP contribution in [0.25, 0.3) is 0 Å². The predicted octanol–water partition coefficient (Wildman–Crippen LogP) is 4.24. The summed E-state index contributed by atoms with van der Waals surface area (Å²) in [6.45, 7) is 7.65. The van der Waals surface area contributed by atoms with Gasteiger partial charge in [-0.15, -0.1) is 0 Å². The second kappa shape index (κ2) is 8.20. The average molecular weight is 290 g/mol. The molecule has 1 aliphatic rings. The average Bonchev–Trinajstić information content (AvgIpc) is 3.02. The summed E-state index contributed by atoms with van der Waals surface area (Å²) < 4.78 is 0. The van der Waals surface area contributed by atoms with Crippen molar-refractivity contribution in [2.24, 2.45) is 5.92 Å². The quantitative estimate of drug-likeness (QED) is 0.752. The predicted molar refractivity (Wildman–Crippen MR) is 89.9 cm³/mol. The fourth-order valence-electron chi connectivity index (χ4n) is 3.21. The summed E-state index contributed by atoms with van der Waals surface area (Å²) in [6.07, 6.45) is 10.4. The molecule has 0 radical (unpaired) electrons. The van der Waals surface area contributed by atoms with Crippen LogP contribution in [0, 0.1) is 5.92 Å². The standard InChI is InChI=1S/C17H30N4/c1-4-8-15-16(18-11-5-2)19-12-20-17(15)21-13(3)14-9-6-7-10-14/h12-14H,4-11H2,1-3H3,(H2,18,19,20,21). The number of aromatic nitrogens is 2. The van der Waals surface area contributed by atoms with Crippen molar-refractivity contribution in [1.82, 2.24) is 9.97 Å². The van der Waals surface area contributed by atoms with Crippen LogP contribution in [0.3, 0.4) is 0 Å². The van der Waals surface area contributed by atoms with Gasteiger partial charge in [0.2, 0.25) is 0 Å². The summed E-state index contributed by atoms with van der Waals surface area (Å²) in [4.78, 5) is 8.95. The van der Waals surface area contributed by atoms with Gasteiger partial charge in [-0.1, -0.05) is 33.1 Å². The molecule has 0 bridgehead atoms. The molecule has 0 amide bonds. The van der Waals surface area contributed by atoms with Crippen LogP contribution in [0.2, 0.25) is 0 Å². The molecular formula is C17H30N4. The minimum atomic E-state index is 0.497. The number of nitrogens with one attached hydrogen (secondary N) is 2. The number of anilines is 2. The molecular weight excluding hydrogens is 260 g/mol. The third kappa shape index (κ3) is 4.32. The van der Waals surface area contributed by atoms with E-state index in [1.165, 1.54) is 31.2 Å². The van der Waals surface area contributed by atoms with Crippen LogP contribution in [0.15, 0.2) is 6.33 Å². The van der Waals surface area contributed by atoms with E-state index in [0.29, 0.717) is 6.04 Å². The molecule has 1 saturated carbocycles. The Hall–Kier alpha value is -1.32. The highest BCUT2D eigenvalue weighted by atomic mass is 15.1. The largest absolute Gasteiger partial charge is 0.370 e. The molecule has 1 unspecified atom stereocenters. The van der Waals surface area contributed by atoms with Gasteiger partial charge in [0.15, 0.2) is 0 Å². The second-order valence-corrected chi connectivity index (χ2v) is 6.20. The monoisotopic (exact) mass is 290 g/mol. The first-order chi connectivity index (χ1) is 10.3. The van der Waals surface area contributed by atoms with E-state index in [2.05, 4.69) is 41.4 Å². The molecule has 1 atom stereocenters. The van der Waals surface area contributed by atoms with Gasteiger partial charge in [0.1, 0.15) is 18.0 Å². The number of nitrogens with zero attached hydrogens (tertiary/aromatic N) is 2. The minimum absolute atomic E-state index is 0.497. The Balaban J connectivity index is 2.12.